The lowest BCUT2D eigenvalue weighted by Gasteiger charge is -2.11. The number of rotatable bonds is 7. The Hall–Kier alpha value is -2.58. The molecule has 2 aromatic heterocycles. The molecule has 8 heteroatoms. The summed E-state index contributed by atoms with van der Waals surface area (Å²) in [5.41, 5.74) is 1.82. The van der Waals surface area contributed by atoms with E-state index in [4.69, 9.17) is 9.72 Å². The molecule has 4 rings (SSSR count). The molecule has 29 heavy (non-hydrogen) atoms. The number of aromatic nitrogens is 2. The smallest absolute Gasteiger partial charge is 0.263 e. The standard InChI is InChI=1S/C21H21N3O3S2/c1-3-11-24-20(26)18-15-5-4-6-16(15)29-19(18)23-21(24)28-12-17(25)22-13-7-9-14(27-2)10-8-13/h3,7-10H,1,4-6,11-12H2,2H3,(H,22,25). The highest BCUT2D eigenvalue weighted by atomic mass is 32.2. The van der Waals surface area contributed by atoms with Gasteiger partial charge in [-0.2, -0.15) is 0 Å². The first-order chi connectivity index (χ1) is 14.1. The van der Waals surface area contributed by atoms with Crippen molar-refractivity contribution in [2.45, 2.75) is 31.0 Å². The van der Waals surface area contributed by atoms with Crippen LogP contribution in [0.15, 0.2) is 46.9 Å². The highest BCUT2D eigenvalue weighted by molar-refractivity contribution is 7.99. The van der Waals surface area contributed by atoms with E-state index in [1.54, 1.807) is 53.4 Å². The van der Waals surface area contributed by atoms with Crippen LogP contribution in [0.1, 0.15) is 16.9 Å². The van der Waals surface area contributed by atoms with E-state index in [1.807, 2.05) is 0 Å². The van der Waals surface area contributed by atoms with Gasteiger partial charge in [-0.15, -0.1) is 17.9 Å². The second-order valence-corrected chi connectivity index (χ2v) is 8.73. The number of ether oxygens (including phenoxy) is 1. The molecule has 0 unspecified atom stereocenters. The third kappa shape index (κ3) is 3.95. The second kappa shape index (κ2) is 8.42. The van der Waals surface area contributed by atoms with Gasteiger partial charge in [0.1, 0.15) is 10.6 Å². The van der Waals surface area contributed by atoms with Crippen LogP contribution in [-0.2, 0) is 24.2 Å². The summed E-state index contributed by atoms with van der Waals surface area (Å²) >= 11 is 2.87. The highest BCUT2D eigenvalue weighted by Crippen LogP contribution is 2.35. The maximum atomic E-state index is 13.1. The van der Waals surface area contributed by atoms with E-state index in [1.165, 1.54) is 16.6 Å². The summed E-state index contributed by atoms with van der Waals surface area (Å²) in [5, 5.41) is 4.15. The van der Waals surface area contributed by atoms with Crippen molar-refractivity contribution in [2.24, 2.45) is 0 Å². The van der Waals surface area contributed by atoms with Gasteiger partial charge in [0.25, 0.3) is 5.56 Å². The Balaban J connectivity index is 1.55. The first-order valence-corrected chi connectivity index (χ1v) is 11.1. The first kappa shape index (κ1) is 19.7. The number of hydrogen-bond donors (Lipinski definition) is 1. The summed E-state index contributed by atoms with van der Waals surface area (Å²) in [6, 6.07) is 7.14. The van der Waals surface area contributed by atoms with Crippen LogP contribution in [0.25, 0.3) is 10.2 Å². The number of allylic oxidation sites excluding steroid dienone is 1. The Morgan fingerprint density at radius 1 is 1.38 bits per heavy atom. The number of aryl methyl sites for hydroxylation is 2. The summed E-state index contributed by atoms with van der Waals surface area (Å²) in [4.78, 5) is 32.3. The molecule has 0 spiro atoms. The number of carbonyl (C=O) groups is 1. The van der Waals surface area contributed by atoms with Crippen molar-refractivity contribution >= 4 is 44.9 Å². The molecule has 0 bridgehead atoms. The molecular formula is C21H21N3O3S2. The van der Waals surface area contributed by atoms with Crippen molar-refractivity contribution in [3.8, 4) is 5.75 Å². The Morgan fingerprint density at radius 2 is 2.17 bits per heavy atom. The van der Waals surface area contributed by atoms with E-state index in [0.717, 1.165) is 40.8 Å². The molecular weight excluding hydrogens is 406 g/mol. The average Bonchev–Trinajstić information content (AvgIpc) is 3.30. The highest BCUT2D eigenvalue weighted by Gasteiger charge is 2.23. The van der Waals surface area contributed by atoms with Crippen LogP contribution in [0.4, 0.5) is 5.69 Å². The van der Waals surface area contributed by atoms with E-state index in [9.17, 15) is 9.59 Å². The Kier molecular flexibility index (Phi) is 5.73. The van der Waals surface area contributed by atoms with Gasteiger partial charge in [0.15, 0.2) is 5.16 Å². The number of methoxy groups -OCH3 is 1. The number of hydrogen-bond acceptors (Lipinski definition) is 6. The van der Waals surface area contributed by atoms with Gasteiger partial charge < -0.3 is 10.1 Å². The van der Waals surface area contributed by atoms with Gasteiger partial charge in [0.2, 0.25) is 5.91 Å². The molecule has 1 N–H and O–H groups in total. The summed E-state index contributed by atoms with van der Waals surface area (Å²) in [6.45, 7) is 4.13. The molecule has 1 aliphatic rings. The number of carbonyl (C=O) groups excluding carboxylic acids is 1. The van der Waals surface area contributed by atoms with E-state index in [2.05, 4.69) is 11.9 Å². The monoisotopic (exact) mass is 427 g/mol. The van der Waals surface area contributed by atoms with Gasteiger partial charge in [-0.05, 0) is 49.1 Å². The van der Waals surface area contributed by atoms with Gasteiger partial charge in [-0.1, -0.05) is 17.8 Å². The molecule has 0 saturated carbocycles. The van der Waals surface area contributed by atoms with Crippen LogP contribution in [0.2, 0.25) is 0 Å². The number of nitrogens with zero attached hydrogens (tertiary/aromatic N) is 2. The third-order valence-electron chi connectivity index (χ3n) is 4.81. The van der Waals surface area contributed by atoms with Crippen molar-refractivity contribution < 1.29 is 9.53 Å². The number of amides is 1. The lowest BCUT2D eigenvalue weighted by Crippen LogP contribution is -2.23. The fourth-order valence-corrected chi connectivity index (χ4v) is 5.57. The van der Waals surface area contributed by atoms with Crippen LogP contribution in [-0.4, -0.2) is 28.3 Å². The summed E-state index contributed by atoms with van der Waals surface area (Å²) < 4.78 is 6.74. The normalized spacial score (nSPS) is 12.7. The maximum Gasteiger partial charge on any atom is 0.263 e. The molecule has 0 fully saturated rings. The van der Waals surface area contributed by atoms with Gasteiger partial charge >= 0.3 is 0 Å². The number of nitrogens with one attached hydrogen (secondary N) is 1. The van der Waals surface area contributed by atoms with Crippen molar-refractivity contribution in [3.05, 3.63) is 57.7 Å². The van der Waals surface area contributed by atoms with Crippen LogP contribution >= 0.6 is 23.1 Å². The first-order valence-electron chi connectivity index (χ1n) is 9.33. The van der Waals surface area contributed by atoms with E-state index >= 15 is 0 Å². The van der Waals surface area contributed by atoms with Crippen LogP contribution < -0.4 is 15.6 Å². The topological polar surface area (TPSA) is 73.2 Å². The quantitative estimate of drug-likeness (QED) is 0.352. The zero-order chi connectivity index (χ0) is 20.4. The van der Waals surface area contributed by atoms with E-state index in [-0.39, 0.29) is 17.2 Å². The second-order valence-electron chi connectivity index (χ2n) is 6.70. The molecule has 0 atom stereocenters. The summed E-state index contributed by atoms with van der Waals surface area (Å²) in [7, 11) is 1.60. The average molecular weight is 428 g/mol. The van der Waals surface area contributed by atoms with Gasteiger partial charge in [0, 0.05) is 17.1 Å². The molecule has 1 aliphatic carbocycles. The summed E-state index contributed by atoms with van der Waals surface area (Å²) in [5.74, 6) is 0.728. The zero-order valence-electron chi connectivity index (χ0n) is 16.1. The molecule has 0 saturated heterocycles. The van der Waals surface area contributed by atoms with Crippen molar-refractivity contribution in [1.82, 2.24) is 9.55 Å². The number of fused-ring (bicyclic) bond motifs is 3. The fraction of sp³-hybridized carbons (Fsp3) is 0.286. The fourth-order valence-electron chi connectivity index (χ4n) is 3.46. The minimum atomic E-state index is -0.159. The van der Waals surface area contributed by atoms with Gasteiger partial charge in [0.05, 0.1) is 18.2 Å². The molecule has 6 nitrogen and oxygen atoms in total. The van der Waals surface area contributed by atoms with Crippen LogP contribution in [0.3, 0.4) is 0 Å². The van der Waals surface area contributed by atoms with Crippen molar-refractivity contribution in [2.75, 3.05) is 18.2 Å². The lowest BCUT2D eigenvalue weighted by atomic mass is 10.2. The molecule has 0 aliphatic heterocycles. The number of anilines is 1. The zero-order valence-corrected chi connectivity index (χ0v) is 17.7. The SMILES string of the molecule is C=CCn1c(SCC(=O)Nc2ccc(OC)cc2)nc2sc3c(c2c1=O)CCC3. The Bertz CT molecular complexity index is 1130. The molecule has 3 aromatic rings. The Morgan fingerprint density at radius 3 is 2.90 bits per heavy atom. The molecule has 2 heterocycles. The Labute approximate surface area is 176 Å². The number of benzene rings is 1. The minimum absolute atomic E-state index is 0.0348. The predicted octanol–water partition coefficient (Wildman–Crippen LogP) is 3.87. The predicted molar refractivity (Wildman–Crippen MR) is 118 cm³/mol. The van der Waals surface area contributed by atoms with Crippen LogP contribution in [0, 0.1) is 0 Å². The molecule has 150 valence electrons. The van der Waals surface area contributed by atoms with Crippen molar-refractivity contribution in [1.29, 1.82) is 0 Å². The van der Waals surface area contributed by atoms with E-state index < -0.39 is 0 Å². The number of thioether (sulfide) groups is 1. The van der Waals surface area contributed by atoms with Gasteiger partial charge in [-0.25, -0.2) is 4.98 Å². The molecule has 1 aromatic carbocycles. The van der Waals surface area contributed by atoms with Gasteiger partial charge in [-0.3, -0.25) is 14.2 Å². The van der Waals surface area contributed by atoms with Crippen molar-refractivity contribution in [3.63, 3.8) is 0 Å². The number of thiophene rings is 1. The maximum absolute atomic E-state index is 13.1. The third-order valence-corrected chi connectivity index (χ3v) is 6.97. The molecule has 1 amide bonds. The van der Waals surface area contributed by atoms with E-state index in [0.29, 0.717) is 17.4 Å². The largest absolute Gasteiger partial charge is 0.497 e. The van der Waals surface area contributed by atoms with Crippen LogP contribution in [0.5, 0.6) is 5.75 Å². The minimum Gasteiger partial charge on any atom is -0.497 e. The molecule has 0 radical (unpaired) electrons. The summed E-state index contributed by atoms with van der Waals surface area (Å²) in [6.07, 6.45) is 4.74. The lowest BCUT2D eigenvalue weighted by molar-refractivity contribution is -0.113.